The number of rotatable bonds is 5. The fourth-order valence-electron chi connectivity index (χ4n) is 3.99. The van der Waals surface area contributed by atoms with E-state index in [4.69, 9.17) is 21.1 Å². The van der Waals surface area contributed by atoms with Crippen molar-refractivity contribution in [3.63, 3.8) is 0 Å². The number of benzene rings is 3. The van der Waals surface area contributed by atoms with E-state index in [1.54, 1.807) is 18.2 Å². The first kappa shape index (κ1) is 22.5. The van der Waals surface area contributed by atoms with E-state index in [2.05, 4.69) is 10.2 Å². The topological polar surface area (TPSA) is 88.2 Å². The molecule has 2 aliphatic rings. The van der Waals surface area contributed by atoms with Gasteiger partial charge >= 0.3 is 0 Å². The number of anilines is 2. The molecule has 176 valence electrons. The first-order valence-corrected chi connectivity index (χ1v) is 12.5. The Hall–Kier alpha value is -3.27. The molecule has 0 atom stereocenters. The molecule has 1 amide bonds. The number of fused-ring (bicyclic) bond motifs is 1. The first-order chi connectivity index (χ1) is 16.4. The number of sulfonamides is 1. The van der Waals surface area contributed by atoms with Crippen LogP contribution in [0.3, 0.4) is 0 Å². The lowest BCUT2D eigenvalue weighted by Gasteiger charge is -2.35. The van der Waals surface area contributed by atoms with Crippen LogP contribution in [0.2, 0.25) is 5.02 Å². The van der Waals surface area contributed by atoms with Crippen LogP contribution in [-0.2, 0) is 10.0 Å². The van der Waals surface area contributed by atoms with E-state index >= 15 is 0 Å². The van der Waals surface area contributed by atoms with Crippen LogP contribution < -0.4 is 19.7 Å². The van der Waals surface area contributed by atoms with Gasteiger partial charge in [-0.3, -0.25) is 4.79 Å². The number of carbonyl (C=O) groups is 1. The zero-order chi connectivity index (χ0) is 23.7. The number of hydrogen-bond acceptors (Lipinski definition) is 6. The van der Waals surface area contributed by atoms with E-state index in [1.165, 1.54) is 22.5 Å². The van der Waals surface area contributed by atoms with Crippen molar-refractivity contribution in [2.45, 2.75) is 4.90 Å². The highest BCUT2D eigenvalue weighted by molar-refractivity contribution is 7.89. The summed E-state index contributed by atoms with van der Waals surface area (Å²) in [5, 5.41) is 2.90. The molecular formula is C24H22ClN3O5S. The molecule has 3 aromatic rings. The number of amides is 1. The van der Waals surface area contributed by atoms with Crippen molar-refractivity contribution in [3.05, 3.63) is 77.3 Å². The van der Waals surface area contributed by atoms with E-state index in [0.717, 1.165) is 5.69 Å². The van der Waals surface area contributed by atoms with Gasteiger partial charge in [0.25, 0.3) is 5.91 Å². The summed E-state index contributed by atoms with van der Waals surface area (Å²) in [4.78, 5) is 15.1. The number of piperazine rings is 1. The standard InChI is InChI=1S/C24H22ClN3O5S/c25-21-8-7-19(15-20(21)24(29)26-17-6-9-22-23(14-17)33-16-32-22)34(30,31)28-12-10-27(11-13-28)18-4-2-1-3-5-18/h1-9,14-15H,10-13,16H2,(H,26,29). The van der Waals surface area contributed by atoms with Gasteiger partial charge in [-0.1, -0.05) is 29.8 Å². The minimum absolute atomic E-state index is 0.0286. The molecule has 0 bridgehead atoms. The number of nitrogens with one attached hydrogen (secondary N) is 1. The van der Waals surface area contributed by atoms with Crippen LogP contribution in [0.15, 0.2) is 71.6 Å². The van der Waals surface area contributed by atoms with Gasteiger partial charge in [0.1, 0.15) is 0 Å². The predicted molar refractivity (Wildman–Crippen MR) is 129 cm³/mol. The molecule has 0 aliphatic carbocycles. The molecule has 1 fully saturated rings. The molecule has 34 heavy (non-hydrogen) atoms. The Morgan fingerprint density at radius 1 is 0.882 bits per heavy atom. The lowest BCUT2D eigenvalue weighted by molar-refractivity contribution is 0.102. The van der Waals surface area contributed by atoms with E-state index in [0.29, 0.717) is 43.4 Å². The van der Waals surface area contributed by atoms with Crippen molar-refractivity contribution in [2.75, 3.05) is 43.2 Å². The Balaban J connectivity index is 1.32. The summed E-state index contributed by atoms with van der Waals surface area (Å²) in [5.74, 6) is 0.598. The molecule has 0 saturated carbocycles. The number of ether oxygens (including phenoxy) is 2. The van der Waals surface area contributed by atoms with Gasteiger partial charge in [0, 0.05) is 43.6 Å². The van der Waals surface area contributed by atoms with E-state index in [9.17, 15) is 13.2 Å². The lowest BCUT2D eigenvalue weighted by Crippen LogP contribution is -2.48. The predicted octanol–water partition coefficient (Wildman–Crippen LogP) is 3.83. The highest BCUT2D eigenvalue weighted by Gasteiger charge is 2.29. The van der Waals surface area contributed by atoms with Gasteiger partial charge in [-0.2, -0.15) is 4.31 Å². The SMILES string of the molecule is O=C(Nc1ccc2c(c1)OCO2)c1cc(S(=O)(=O)N2CCN(c3ccccc3)CC2)ccc1Cl. The Morgan fingerprint density at radius 2 is 1.62 bits per heavy atom. The molecule has 1 saturated heterocycles. The summed E-state index contributed by atoms with van der Waals surface area (Å²) < 4.78 is 38.7. The Morgan fingerprint density at radius 3 is 2.38 bits per heavy atom. The second-order valence-corrected chi connectivity index (χ2v) is 10.2. The summed E-state index contributed by atoms with van der Waals surface area (Å²) in [5.41, 5.74) is 1.62. The zero-order valence-electron chi connectivity index (χ0n) is 18.1. The molecular weight excluding hydrogens is 478 g/mol. The summed E-state index contributed by atoms with van der Waals surface area (Å²) in [6, 6.07) is 19.1. The normalized spacial score (nSPS) is 15.9. The highest BCUT2D eigenvalue weighted by Crippen LogP contribution is 2.34. The lowest BCUT2D eigenvalue weighted by atomic mass is 10.2. The quantitative estimate of drug-likeness (QED) is 0.574. The number of para-hydroxylation sites is 1. The molecule has 0 unspecified atom stereocenters. The molecule has 3 aromatic carbocycles. The van der Waals surface area contributed by atoms with Crippen LogP contribution in [-0.4, -0.2) is 51.6 Å². The van der Waals surface area contributed by atoms with Gasteiger partial charge in [0.05, 0.1) is 15.5 Å². The maximum Gasteiger partial charge on any atom is 0.257 e. The number of nitrogens with zero attached hydrogens (tertiary/aromatic N) is 2. The third-order valence-electron chi connectivity index (χ3n) is 5.81. The van der Waals surface area contributed by atoms with Crippen molar-refractivity contribution < 1.29 is 22.7 Å². The number of carbonyl (C=O) groups excluding carboxylic acids is 1. The largest absolute Gasteiger partial charge is 0.454 e. The summed E-state index contributed by atoms with van der Waals surface area (Å²) in [7, 11) is -3.79. The number of halogens is 1. The van der Waals surface area contributed by atoms with Gasteiger partial charge in [0.15, 0.2) is 11.5 Å². The van der Waals surface area contributed by atoms with Crippen LogP contribution in [0, 0.1) is 0 Å². The van der Waals surface area contributed by atoms with Gasteiger partial charge < -0.3 is 19.7 Å². The fraction of sp³-hybridized carbons (Fsp3) is 0.208. The summed E-state index contributed by atoms with van der Waals surface area (Å²) in [6.45, 7) is 1.97. The number of hydrogen-bond donors (Lipinski definition) is 1. The maximum atomic E-state index is 13.3. The minimum Gasteiger partial charge on any atom is -0.454 e. The fourth-order valence-corrected chi connectivity index (χ4v) is 5.64. The Kier molecular flexibility index (Phi) is 6.07. The van der Waals surface area contributed by atoms with Gasteiger partial charge in [-0.25, -0.2) is 8.42 Å². The van der Waals surface area contributed by atoms with Crippen molar-refractivity contribution in [3.8, 4) is 11.5 Å². The summed E-state index contributed by atoms with van der Waals surface area (Å²) in [6.07, 6.45) is 0. The molecule has 8 nitrogen and oxygen atoms in total. The van der Waals surface area contributed by atoms with E-state index in [-0.39, 0.29) is 22.3 Å². The highest BCUT2D eigenvalue weighted by atomic mass is 35.5. The first-order valence-electron chi connectivity index (χ1n) is 10.7. The van der Waals surface area contributed by atoms with Gasteiger partial charge in [0.2, 0.25) is 16.8 Å². The van der Waals surface area contributed by atoms with Gasteiger partial charge in [-0.05, 0) is 42.5 Å². The van der Waals surface area contributed by atoms with Crippen LogP contribution in [0.25, 0.3) is 0 Å². The average Bonchev–Trinajstić information content (AvgIpc) is 3.33. The molecule has 2 heterocycles. The monoisotopic (exact) mass is 499 g/mol. The van der Waals surface area contributed by atoms with Crippen molar-refractivity contribution >= 4 is 38.9 Å². The smallest absolute Gasteiger partial charge is 0.257 e. The zero-order valence-corrected chi connectivity index (χ0v) is 19.7. The maximum absolute atomic E-state index is 13.3. The summed E-state index contributed by atoms with van der Waals surface area (Å²) >= 11 is 6.25. The molecule has 0 spiro atoms. The van der Waals surface area contributed by atoms with Gasteiger partial charge in [-0.15, -0.1) is 0 Å². The molecule has 5 rings (SSSR count). The second kappa shape index (κ2) is 9.17. The van der Waals surface area contributed by atoms with Crippen molar-refractivity contribution in [2.24, 2.45) is 0 Å². The van der Waals surface area contributed by atoms with Crippen LogP contribution >= 0.6 is 11.6 Å². The molecule has 10 heteroatoms. The molecule has 0 radical (unpaired) electrons. The van der Waals surface area contributed by atoms with Crippen LogP contribution in [0.1, 0.15) is 10.4 Å². The minimum atomic E-state index is -3.79. The van der Waals surface area contributed by atoms with Crippen molar-refractivity contribution in [1.82, 2.24) is 4.31 Å². The third kappa shape index (κ3) is 4.42. The van der Waals surface area contributed by atoms with Crippen LogP contribution in [0.4, 0.5) is 11.4 Å². The molecule has 2 aliphatic heterocycles. The Bertz CT molecular complexity index is 1330. The van der Waals surface area contributed by atoms with E-state index in [1.807, 2.05) is 30.3 Å². The van der Waals surface area contributed by atoms with E-state index < -0.39 is 15.9 Å². The van der Waals surface area contributed by atoms with Crippen molar-refractivity contribution in [1.29, 1.82) is 0 Å². The Labute approximate surface area is 202 Å². The molecule has 0 aromatic heterocycles. The second-order valence-electron chi connectivity index (χ2n) is 7.89. The third-order valence-corrected chi connectivity index (χ3v) is 8.03. The molecule has 1 N–H and O–H groups in total. The van der Waals surface area contributed by atoms with Crippen LogP contribution in [0.5, 0.6) is 11.5 Å². The average molecular weight is 500 g/mol.